The van der Waals surface area contributed by atoms with Crippen LogP contribution in [0.15, 0.2) is 42.5 Å². The van der Waals surface area contributed by atoms with Crippen molar-refractivity contribution >= 4 is 21.6 Å². The summed E-state index contributed by atoms with van der Waals surface area (Å²) in [5.41, 5.74) is 2.44. The molecule has 1 amide bonds. The maximum absolute atomic E-state index is 12.6. The molecule has 2 aromatic rings. The number of benzene rings is 2. The SMILES string of the molecule is COc1ccc(CCNC(=O)[C@H]2CN(S(C)(=O)=O)c3cc(C)ccc3O2)cc1. The number of hydrogen-bond acceptors (Lipinski definition) is 5. The van der Waals surface area contributed by atoms with E-state index in [2.05, 4.69) is 5.32 Å². The van der Waals surface area contributed by atoms with Gasteiger partial charge in [-0.1, -0.05) is 18.2 Å². The van der Waals surface area contributed by atoms with Crippen LogP contribution in [0, 0.1) is 6.92 Å². The minimum absolute atomic E-state index is 0.0519. The Bertz CT molecular complexity index is 957. The monoisotopic (exact) mass is 404 g/mol. The number of hydrogen-bond donors (Lipinski definition) is 1. The van der Waals surface area contributed by atoms with Crippen LogP contribution >= 0.6 is 0 Å². The normalized spacial score (nSPS) is 16.1. The first-order valence-electron chi connectivity index (χ1n) is 8.93. The molecule has 8 heteroatoms. The van der Waals surface area contributed by atoms with Gasteiger partial charge in [0.05, 0.1) is 25.6 Å². The Kier molecular flexibility index (Phi) is 5.79. The standard InChI is InChI=1S/C20H24N2O5S/c1-14-4-9-18-17(12-14)22(28(3,24)25)13-19(27-18)20(23)21-11-10-15-5-7-16(26-2)8-6-15/h4-9,12,19H,10-11,13H2,1-3H3,(H,21,23)/t19-/m1/s1. The predicted molar refractivity (Wildman–Crippen MR) is 107 cm³/mol. The summed E-state index contributed by atoms with van der Waals surface area (Å²) >= 11 is 0. The van der Waals surface area contributed by atoms with Gasteiger partial charge in [-0.15, -0.1) is 0 Å². The molecule has 1 heterocycles. The van der Waals surface area contributed by atoms with Crippen molar-refractivity contribution in [3.05, 3.63) is 53.6 Å². The topological polar surface area (TPSA) is 84.9 Å². The molecule has 1 N–H and O–H groups in total. The number of carbonyl (C=O) groups excluding carboxylic acids is 1. The third-order valence-electron chi connectivity index (χ3n) is 4.55. The fraction of sp³-hybridized carbons (Fsp3) is 0.350. The molecule has 0 bridgehead atoms. The Morgan fingerprint density at radius 3 is 2.61 bits per heavy atom. The van der Waals surface area contributed by atoms with Crippen molar-refractivity contribution in [2.75, 3.05) is 30.8 Å². The number of carbonyl (C=O) groups is 1. The van der Waals surface area contributed by atoms with Gasteiger partial charge < -0.3 is 14.8 Å². The summed E-state index contributed by atoms with van der Waals surface area (Å²) < 4.78 is 36.5. The molecule has 150 valence electrons. The van der Waals surface area contributed by atoms with Gasteiger partial charge in [-0.05, 0) is 48.7 Å². The van der Waals surface area contributed by atoms with Crippen molar-refractivity contribution in [2.24, 2.45) is 0 Å². The number of nitrogens with zero attached hydrogens (tertiary/aromatic N) is 1. The first-order valence-corrected chi connectivity index (χ1v) is 10.8. The van der Waals surface area contributed by atoms with Crippen LogP contribution in [-0.2, 0) is 21.2 Å². The van der Waals surface area contributed by atoms with E-state index in [0.29, 0.717) is 24.4 Å². The second-order valence-electron chi connectivity index (χ2n) is 6.76. The number of methoxy groups -OCH3 is 1. The summed E-state index contributed by atoms with van der Waals surface area (Å²) in [4.78, 5) is 12.6. The van der Waals surface area contributed by atoms with Crippen LogP contribution in [-0.4, -0.2) is 46.9 Å². The van der Waals surface area contributed by atoms with E-state index in [9.17, 15) is 13.2 Å². The second kappa shape index (κ2) is 8.10. The van der Waals surface area contributed by atoms with Crippen LogP contribution in [0.2, 0.25) is 0 Å². The molecule has 1 aliphatic rings. The number of aryl methyl sites for hydroxylation is 1. The van der Waals surface area contributed by atoms with E-state index in [-0.39, 0.29) is 12.5 Å². The summed E-state index contributed by atoms with van der Waals surface area (Å²) in [6.45, 7) is 2.24. The Balaban J connectivity index is 1.66. The summed E-state index contributed by atoms with van der Waals surface area (Å²) in [6, 6.07) is 12.9. The number of amides is 1. The van der Waals surface area contributed by atoms with Crippen LogP contribution in [0.3, 0.4) is 0 Å². The van der Waals surface area contributed by atoms with Crippen LogP contribution in [0.25, 0.3) is 0 Å². The minimum atomic E-state index is -3.53. The van der Waals surface area contributed by atoms with E-state index in [1.807, 2.05) is 37.3 Å². The Morgan fingerprint density at radius 1 is 1.25 bits per heavy atom. The van der Waals surface area contributed by atoms with Gasteiger partial charge in [0.1, 0.15) is 11.5 Å². The molecule has 0 unspecified atom stereocenters. The van der Waals surface area contributed by atoms with Crippen LogP contribution in [0.5, 0.6) is 11.5 Å². The molecule has 0 fully saturated rings. The van der Waals surface area contributed by atoms with Gasteiger partial charge in [0.2, 0.25) is 10.0 Å². The zero-order valence-corrected chi connectivity index (χ0v) is 17.0. The lowest BCUT2D eigenvalue weighted by molar-refractivity contribution is -0.127. The fourth-order valence-electron chi connectivity index (χ4n) is 3.05. The smallest absolute Gasteiger partial charge is 0.263 e. The lowest BCUT2D eigenvalue weighted by atomic mass is 10.1. The first kappa shape index (κ1) is 20.0. The van der Waals surface area contributed by atoms with E-state index in [4.69, 9.17) is 9.47 Å². The van der Waals surface area contributed by atoms with Crippen molar-refractivity contribution in [3.8, 4) is 11.5 Å². The Labute approximate surface area is 165 Å². The highest BCUT2D eigenvalue weighted by Crippen LogP contribution is 2.35. The van der Waals surface area contributed by atoms with E-state index >= 15 is 0 Å². The van der Waals surface area contributed by atoms with Crippen molar-refractivity contribution in [1.29, 1.82) is 0 Å². The zero-order valence-electron chi connectivity index (χ0n) is 16.1. The maximum Gasteiger partial charge on any atom is 0.263 e. The molecular formula is C20H24N2O5S. The summed E-state index contributed by atoms with van der Waals surface area (Å²) in [7, 11) is -1.92. The zero-order chi connectivity index (χ0) is 20.3. The number of sulfonamides is 1. The van der Waals surface area contributed by atoms with Crippen molar-refractivity contribution < 1.29 is 22.7 Å². The maximum atomic E-state index is 12.6. The average Bonchev–Trinajstić information content (AvgIpc) is 2.66. The van der Waals surface area contributed by atoms with Crippen LogP contribution in [0.1, 0.15) is 11.1 Å². The van der Waals surface area contributed by atoms with Gasteiger partial charge in [0.15, 0.2) is 6.10 Å². The van der Waals surface area contributed by atoms with Gasteiger partial charge in [0.25, 0.3) is 5.91 Å². The third kappa shape index (κ3) is 4.56. The Hall–Kier alpha value is -2.74. The first-order chi connectivity index (χ1) is 13.3. The van der Waals surface area contributed by atoms with Crippen molar-refractivity contribution in [1.82, 2.24) is 5.32 Å². The molecule has 0 spiro atoms. The molecule has 0 saturated heterocycles. The van der Waals surface area contributed by atoms with E-state index < -0.39 is 16.1 Å². The van der Waals surface area contributed by atoms with Gasteiger partial charge >= 0.3 is 0 Å². The summed E-state index contributed by atoms with van der Waals surface area (Å²) in [6.07, 6.45) is 0.873. The quantitative estimate of drug-likeness (QED) is 0.795. The number of ether oxygens (including phenoxy) is 2. The molecule has 0 radical (unpaired) electrons. The Morgan fingerprint density at radius 2 is 1.96 bits per heavy atom. The third-order valence-corrected chi connectivity index (χ3v) is 5.70. The van der Waals surface area contributed by atoms with E-state index in [0.717, 1.165) is 23.1 Å². The minimum Gasteiger partial charge on any atom is -0.497 e. The molecule has 1 aliphatic heterocycles. The van der Waals surface area contributed by atoms with Crippen LogP contribution in [0.4, 0.5) is 5.69 Å². The van der Waals surface area contributed by atoms with Crippen molar-refractivity contribution in [2.45, 2.75) is 19.4 Å². The highest BCUT2D eigenvalue weighted by Gasteiger charge is 2.34. The molecule has 1 atom stereocenters. The van der Waals surface area contributed by atoms with Gasteiger partial charge in [0, 0.05) is 6.54 Å². The highest BCUT2D eigenvalue weighted by molar-refractivity contribution is 7.92. The highest BCUT2D eigenvalue weighted by atomic mass is 32.2. The van der Waals surface area contributed by atoms with Gasteiger partial charge in [-0.25, -0.2) is 8.42 Å². The lowest BCUT2D eigenvalue weighted by Gasteiger charge is -2.34. The largest absolute Gasteiger partial charge is 0.497 e. The number of rotatable bonds is 6. The van der Waals surface area contributed by atoms with Gasteiger partial charge in [-0.2, -0.15) is 0 Å². The summed E-state index contributed by atoms with van der Waals surface area (Å²) in [5, 5.41) is 2.83. The van der Waals surface area contributed by atoms with Crippen LogP contribution < -0.4 is 19.1 Å². The molecule has 3 rings (SSSR count). The summed E-state index contributed by atoms with van der Waals surface area (Å²) in [5.74, 6) is 0.823. The van der Waals surface area contributed by atoms with E-state index in [1.165, 1.54) is 4.31 Å². The fourth-order valence-corrected chi connectivity index (χ4v) is 3.95. The molecule has 7 nitrogen and oxygen atoms in total. The van der Waals surface area contributed by atoms with Crippen molar-refractivity contribution in [3.63, 3.8) is 0 Å². The lowest BCUT2D eigenvalue weighted by Crippen LogP contribution is -2.50. The van der Waals surface area contributed by atoms with Gasteiger partial charge in [-0.3, -0.25) is 9.10 Å². The number of nitrogens with one attached hydrogen (secondary N) is 1. The number of fused-ring (bicyclic) bond motifs is 1. The molecule has 0 aliphatic carbocycles. The second-order valence-corrected chi connectivity index (χ2v) is 8.67. The molecule has 0 aromatic heterocycles. The predicted octanol–water partition coefficient (Wildman–Crippen LogP) is 1.89. The molecular weight excluding hydrogens is 380 g/mol. The molecule has 0 saturated carbocycles. The molecule has 2 aromatic carbocycles. The average molecular weight is 404 g/mol. The molecule has 28 heavy (non-hydrogen) atoms. The van der Waals surface area contributed by atoms with E-state index in [1.54, 1.807) is 19.2 Å². The number of anilines is 1.